The summed E-state index contributed by atoms with van der Waals surface area (Å²) < 4.78 is 45.4. The first-order chi connectivity index (χ1) is 8.08. The van der Waals surface area contributed by atoms with Crippen molar-refractivity contribution >= 4 is 15.9 Å². The first-order valence-corrected chi connectivity index (χ1v) is 6.63. The predicted octanol–water partition coefficient (Wildman–Crippen LogP) is 0.815. The van der Waals surface area contributed by atoms with Crippen LogP contribution < -0.4 is 4.72 Å². The molecule has 17 heavy (non-hydrogen) atoms. The van der Waals surface area contributed by atoms with Crippen LogP contribution in [0.5, 0.6) is 0 Å². The van der Waals surface area contributed by atoms with Gasteiger partial charge in [0.2, 0.25) is 0 Å². The quantitative estimate of drug-likeness (QED) is 0.875. The fraction of sp³-hybridized carbons (Fsp3) is 0.400. The Kier molecular flexibility index (Phi) is 3.60. The summed E-state index contributed by atoms with van der Waals surface area (Å²) in [6.45, 7) is 1.38. The van der Waals surface area contributed by atoms with Crippen LogP contribution in [0, 0.1) is 5.82 Å². The molecule has 0 radical (unpaired) electrons. The Morgan fingerprint density at radius 3 is 2.65 bits per heavy atom. The topological polar surface area (TPSA) is 58.6 Å². The van der Waals surface area contributed by atoms with Gasteiger partial charge in [-0.05, 0) is 18.2 Å². The molecule has 1 saturated heterocycles. The number of morpholine rings is 1. The second-order valence-corrected chi connectivity index (χ2v) is 5.30. The van der Waals surface area contributed by atoms with Crippen LogP contribution in [0.4, 0.5) is 10.1 Å². The molecule has 7 heteroatoms. The fourth-order valence-electron chi connectivity index (χ4n) is 1.55. The number of halogens is 1. The Balaban J connectivity index is 2.11. The Morgan fingerprint density at radius 1 is 1.29 bits per heavy atom. The minimum atomic E-state index is -3.62. The average Bonchev–Trinajstić information content (AvgIpc) is 2.29. The van der Waals surface area contributed by atoms with Crippen molar-refractivity contribution in [2.24, 2.45) is 0 Å². The minimum absolute atomic E-state index is 0.219. The third-order valence-corrected chi connectivity index (χ3v) is 3.92. The normalized spacial score (nSPS) is 17.9. The highest BCUT2D eigenvalue weighted by Crippen LogP contribution is 2.14. The molecule has 0 aromatic heterocycles. The first-order valence-electron chi connectivity index (χ1n) is 5.19. The lowest BCUT2D eigenvalue weighted by atomic mass is 10.3. The van der Waals surface area contributed by atoms with E-state index in [9.17, 15) is 12.8 Å². The summed E-state index contributed by atoms with van der Waals surface area (Å²) in [5.41, 5.74) is 0.219. The van der Waals surface area contributed by atoms with Gasteiger partial charge < -0.3 is 4.74 Å². The molecule has 94 valence electrons. The van der Waals surface area contributed by atoms with Crippen LogP contribution in [0.15, 0.2) is 24.3 Å². The van der Waals surface area contributed by atoms with E-state index in [1.54, 1.807) is 0 Å². The summed E-state index contributed by atoms with van der Waals surface area (Å²) >= 11 is 0. The molecule has 1 heterocycles. The molecule has 0 amide bonds. The number of hydrogen-bond acceptors (Lipinski definition) is 3. The summed E-state index contributed by atoms with van der Waals surface area (Å²) in [6.07, 6.45) is 0. The minimum Gasteiger partial charge on any atom is -0.379 e. The Labute approximate surface area is 99.4 Å². The van der Waals surface area contributed by atoms with Gasteiger partial charge in [0, 0.05) is 13.1 Å². The molecular formula is C10H13FN2O3S. The molecule has 5 nitrogen and oxygen atoms in total. The van der Waals surface area contributed by atoms with E-state index < -0.39 is 16.0 Å². The molecule has 1 fully saturated rings. The first kappa shape index (κ1) is 12.3. The van der Waals surface area contributed by atoms with Gasteiger partial charge in [0.05, 0.1) is 18.9 Å². The number of rotatable bonds is 3. The van der Waals surface area contributed by atoms with Gasteiger partial charge in [-0.3, -0.25) is 4.72 Å². The largest absolute Gasteiger partial charge is 0.379 e. The Hall–Kier alpha value is -1.18. The van der Waals surface area contributed by atoms with Crippen LogP contribution in [0.25, 0.3) is 0 Å². The second kappa shape index (κ2) is 4.99. The molecule has 0 saturated carbocycles. The Bertz CT molecular complexity index is 486. The van der Waals surface area contributed by atoms with Crippen molar-refractivity contribution in [1.82, 2.24) is 4.31 Å². The van der Waals surface area contributed by atoms with Gasteiger partial charge in [-0.15, -0.1) is 0 Å². The zero-order valence-electron chi connectivity index (χ0n) is 9.10. The number of hydrogen-bond donors (Lipinski definition) is 1. The molecule has 1 aliphatic heterocycles. The van der Waals surface area contributed by atoms with Crippen LogP contribution in [-0.4, -0.2) is 39.0 Å². The van der Waals surface area contributed by atoms with Crippen LogP contribution in [0.3, 0.4) is 0 Å². The third-order valence-electron chi connectivity index (χ3n) is 2.38. The van der Waals surface area contributed by atoms with Crippen molar-refractivity contribution in [2.75, 3.05) is 31.0 Å². The maximum absolute atomic E-state index is 12.9. The molecule has 1 N–H and O–H groups in total. The summed E-state index contributed by atoms with van der Waals surface area (Å²) in [6, 6.07) is 5.35. The van der Waals surface area contributed by atoms with Crippen LogP contribution in [-0.2, 0) is 14.9 Å². The number of benzene rings is 1. The Morgan fingerprint density at radius 2 is 2.00 bits per heavy atom. The fourth-order valence-corrected chi connectivity index (χ4v) is 2.74. The maximum atomic E-state index is 12.9. The van der Waals surface area contributed by atoms with Crippen LogP contribution in [0.2, 0.25) is 0 Å². The lowest BCUT2D eigenvalue weighted by molar-refractivity contribution is 0.0733. The summed E-state index contributed by atoms with van der Waals surface area (Å²) in [5, 5.41) is 0. The van der Waals surface area contributed by atoms with Crippen molar-refractivity contribution in [3.05, 3.63) is 30.1 Å². The van der Waals surface area contributed by atoms with E-state index in [4.69, 9.17) is 4.74 Å². The predicted molar refractivity (Wildman–Crippen MR) is 61.3 cm³/mol. The van der Waals surface area contributed by atoms with Crippen molar-refractivity contribution in [3.63, 3.8) is 0 Å². The van der Waals surface area contributed by atoms with Crippen molar-refractivity contribution < 1.29 is 17.5 Å². The van der Waals surface area contributed by atoms with Crippen molar-refractivity contribution in [2.45, 2.75) is 0 Å². The summed E-state index contributed by atoms with van der Waals surface area (Å²) in [7, 11) is -3.62. The summed E-state index contributed by atoms with van der Waals surface area (Å²) in [5.74, 6) is -0.479. The van der Waals surface area contributed by atoms with Gasteiger partial charge in [-0.1, -0.05) is 6.07 Å². The van der Waals surface area contributed by atoms with Gasteiger partial charge in [0.15, 0.2) is 0 Å². The molecule has 2 rings (SSSR count). The van der Waals surface area contributed by atoms with Gasteiger partial charge in [-0.2, -0.15) is 12.7 Å². The molecule has 1 aromatic carbocycles. The highest BCUT2D eigenvalue weighted by Gasteiger charge is 2.24. The van der Waals surface area contributed by atoms with E-state index in [2.05, 4.69) is 4.72 Å². The molecule has 0 atom stereocenters. The summed E-state index contributed by atoms with van der Waals surface area (Å²) in [4.78, 5) is 0. The number of ether oxygens (including phenoxy) is 1. The smallest absolute Gasteiger partial charge is 0.301 e. The zero-order valence-corrected chi connectivity index (χ0v) is 9.91. The van der Waals surface area contributed by atoms with E-state index in [0.717, 1.165) is 6.07 Å². The third kappa shape index (κ3) is 3.15. The molecule has 1 aliphatic rings. The average molecular weight is 260 g/mol. The van der Waals surface area contributed by atoms with E-state index in [1.807, 2.05) is 0 Å². The highest BCUT2D eigenvalue weighted by atomic mass is 32.2. The highest BCUT2D eigenvalue weighted by molar-refractivity contribution is 7.90. The van der Waals surface area contributed by atoms with Gasteiger partial charge in [-0.25, -0.2) is 4.39 Å². The maximum Gasteiger partial charge on any atom is 0.301 e. The zero-order chi connectivity index (χ0) is 12.3. The van der Waals surface area contributed by atoms with Crippen LogP contribution in [0.1, 0.15) is 0 Å². The molecule has 0 unspecified atom stereocenters. The lowest BCUT2D eigenvalue weighted by Crippen LogP contribution is -2.43. The monoisotopic (exact) mass is 260 g/mol. The van der Waals surface area contributed by atoms with E-state index in [1.165, 1.54) is 22.5 Å². The molecule has 0 aliphatic carbocycles. The van der Waals surface area contributed by atoms with Crippen LogP contribution >= 0.6 is 0 Å². The number of anilines is 1. The number of nitrogens with zero attached hydrogens (tertiary/aromatic N) is 1. The van der Waals surface area contributed by atoms with E-state index in [0.29, 0.717) is 26.3 Å². The molecular weight excluding hydrogens is 247 g/mol. The van der Waals surface area contributed by atoms with E-state index >= 15 is 0 Å². The molecule has 0 spiro atoms. The molecule has 0 bridgehead atoms. The van der Waals surface area contributed by atoms with Gasteiger partial charge in [0.1, 0.15) is 5.82 Å². The van der Waals surface area contributed by atoms with Crippen molar-refractivity contribution in [3.8, 4) is 0 Å². The van der Waals surface area contributed by atoms with Gasteiger partial charge in [0.25, 0.3) is 0 Å². The second-order valence-electron chi connectivity index (χ2n) is 3.63. The van der Waals surface area contributed by atoms with Gasteiger partial charge >= 0.3 is 10.2 Å². The number of nitrogens with one attached hydrogen (secondary N) is 1. The molecule has 1 aromatic rings. The SMILES string of the molecule is O=S(=O)(Nc1cccc(F)c1)N1CCOCC1. The lowest BCUT2D eigenvalue weighted by Gasteiger charge is -2.26. The van der Waals surface area contributed by atoms with Crippen molar-refractivity contribution in [1.29, 1.82) is 0 Å². The standard InChI is InChI=1S/C10H13FN2O3S/c11-9-2-1-3-10(8-9)12-17(14,15)13-4-6-16-7-5-13/h1-3,8,12H,4-7H2. The van der Waals surface area contributed by atoms with E-state index in [-0.39, 0.29) is 5.69 Å².